The molecule has 0 radical (unpaired) electrons. The van der Waals surface area contributed by atoms with Gasteiger partial charge in [0.05, 0.1) is 34.0 Å². The average Bonchev–Trinajstić information content (AvgIpc) is 3.00. The van der Waals surface area contributed by atoms with E-state index in [-0.39, 0.29) is 11.7 Å². The molecule has 1 N–H and O–H groups in total. The van der Waals surface area contributed by atoms with Crippen LogP contribution < -0.4 is 5.32 Å². The number of anilines is 1. The van der Waals surface area contributed by atoms with E-state index in [4.69, 9.17) is 0 Å². The zero-order valence-electron chi connectivity index (χ0n) is 17.4. The highest BCUT2D eigenvalue weighted by Gasteiger charge is 2.16. The van der Waals surface area contributed by atoms with E-state index in [1.165, 1.54) is 17.3 Å². The number of para-hydroxylation sites is 1. The van der Waals surface area contributed by atoms with E-state index in [2.05, 4.69) is 39.4 Å². The molecule has 30 heavy (non-hydrogen) atoms. The van der Waals surface area contributed by atoms with Crippen molar-refractivity contribution in [3.05, 3.63) is 71.3 Å². The molecule has 0 spiro atoms. The molecule has 6 nitrogen and oxygen atoms in total. The highest BCUT2D eigenvalue weighted by molar-refractivity contribution is 8.00. The van der Waals surface area contributed by atoms with E-state index >= 15 is 0 Å². The second-order valence-corrected chi connectivity index (χ2v) is 8.19. The second kappa shape index (κ2) is 8.28. The number of hydrogen-bond acceptors (Lipinski definition) is 5. The maximum absolute atomic E-state index is 12.7. The predicted octanol–water partition coefficient (Wildman–Crippen LogP) is 4.78. The number of benzene rings is 2. The standard InChI is InChI=1S/C23H23N5OS/c1-14-9-11-18(12-10-14)28-16(3)22(15(2)27-28)26-21(29)13-30-23-19-7-5-6-8-20(19)24-17(4)25-23/h5-12H,13H2,1-4H3,(H,26,29). The van der Waals surface area contributed by atoms with Crippen LogP contribution in [-0.4, -0.2) is 31.4 Å². The van der Waals surface area contributed by atoms with Gasteiger partial charge in [0, 0.05) is 5.39 Å². The van der Waals surface area contributed by atoms with Gasteiger partial charge in [-0.1, -0.05) is 47.7 Å². The Labute approximate surface area is 179 Å². The van der Waals surface area contributed by atoms with Crippen LogP contribution in [-0.2, 0) is 4.79 Å². The highest BCUT2D eigenvalue weighted by atomic mass is 32.2. The number of carbonyl (C=O) groups is 1. The van der Waals surface area contributed by atoms with E-state index in [0.717, 1.165) is 38.7 Å². The smallest absolute Gasteiger partial charge is 0.234 e. The summed E-state index contributed by atoms with van der Waals surface area (Å²) in [5, 5.41) is 9.41. The van der Waals surface area contributed by atoms with E-state index < -0.39 is 0 Å². The molecule has 4 rings (SSSR count). The maximum atomic E-state index is 12.7. The number of fused-ring (bicyclic) bond motifs is 1. The third-order valence-corrected chi connectivity index (χ3v) is 5.85. The molecule has 0 unspecified atom stereocenters. The normalized spacial score (nSPS) is 11.1. The minimum Gasteiger partial charge on any atom is -0.322 e. The summed E-state index contributed by atoms with van der Waals surface area (Å²) in [6.45, 7) is 7.78. The fraction of sp³-hybridized carbons (Fsp3) is 0.217. The first-order valence-corrected chi connectivity index (χ1v) is 10.7. The molecule has 0 aliphatic carbocycles. The molecule has 0 bridgehead atoms. The van der Waals surface area contributed by atoms with Gasteiger partial charge in [-0.2, -0.15) is 5.10 Å². The summed E-state index contributed by atoms with van der Waals surface area (Å²) in [5.41, 5.74) is 5.49. The van der Waals surface area contributed by atoms with Crippen molar-refractivity contribution in [2.45, 2.75) is 32.7 Å². The SMILES string of the molecule is Cc1ccc(-n2nc(C)c(NC(=O)CSc3nc(C)nc4ccccc34)c2C)cc1. The number of carbonyl (C=O) groups excluding carboxylic acids is 1. The third-order valence-electron chi connectivity index (χ3n) is 4.85. The monoisotopic (exact) mass is 417 g/mol. The van der Waals surface area contributed by atoms with Gasteiger partial charge >= 0.3 is 0 Å². The van der Waals surface area contributed by atoms with E-state index in [0.29, 0.717) is 5.82 Å². The number of amides is 1. The fourth-order valence-electron chi connectivity index (χ4n) is 3.34. The molecular formula is C23H23N5OS. The van der Waals surface area contributed by atoms with Gasteiger partial charge in [-0.3, -0.25) is 4.79 Å². The van der Waals surface area contributed by atoms with Gasteiger partial charge < -0.3 is 5.32 Å². The Morgan fingerprint density at radius 2 is 1.73 bits per heavy atom. The Morgan fingerprint density at radius 1 is 1.00 bits per heavy atom. The van der Waals surface area contributed by atoms with Crippen LogP contribution >= 0.6 is 11.8 Å². The minimum absolute atomic E-state index is 0.0880. The summed E-state index contributed by atoms with van der Waals surface area (Å²) in [4.78, 5) is 21.7. The molecule has 0 atom stereocenters. The van der Waals surface area contributed by atoms with Gasteiger partial charge in [-0.15, -0.1) is 0 Å². The summed E-state index contributed by atoms with van der Waals surface area (Å²) in [6, 6.07) is 16.0. The van der Waals surface area contributed by atoms with Crippen LogP contribution in [0.2, 0.25) is 0 Å². The van der Waals surface area contributed by atoms with Crippen LogP contribution in [0.25, 0.3) is 16.6 Å². The van der Waals surface area contributed by atoms with Crippen molar-refractivity contribution in [3.63, 3.8) is 0 Å². The van der Waals surface area contributed by atoms with Gasteiger partial charge in [0.15, 0.2) is 0 Å². The summed E-state index contributed by atoms with van der Waals surface area (Å²) < 4.78 is 1.86. The Morgan fingerprint density at radius 3 is 2.50 bits per heavy atom. The molecule has 7 heteroatoms. The van der Waals surface area contributed by atoms with Crippen LogP contribution in [0.3, 0.4) is 0 Å². The van der Waals surface area contributed by atoms with Gasteiger partial charge in [-0.05, 0) is 45.9 Å². The van der Waals surface area contributed by atoms with Crippen LogP contribution in [0.1, 0.15) is 22.8 Å². The van der Waals surface area contributed by atoms with Crippen molar-refractivity contribution in [1.29, 1.82) is 0 Å². The van der Waals surface area contributed by atoms with Crippen molar-refractivity contribution in [2.24, 2.45) is 0 Å². The van der Waals surface area contributed by atoms with Crippen LogP contribution in [0, 0.1) is 27.7 Å². The van der Waals surface area contributed by atoms with Gasteiger partial charge in [0.2, 0.25) is 5.91 Å². The Bertz CT molecular complexity index is 1230. The molecule has 2 aromatic heterocycles. The number of thioether (sulfide) groups is 1. The molecule has 2 aromatic carbocycles. The van der Waals surface area contributed by atoms with E-state index in [1.807, 2.05) is 61.9 Å². The van der Waals surface area contributed by atoms with Crippen molar-refractivity contribution in [1.82, 2.24) is 19.7 Å². The largest absolute Gasteiger partial charge is 0.322 e. The lowest BCUT2D eigenvalue weighted by atomic mass is 10.2. The van der Waals surface area contributed by atoms with Crippen molar-refractivity contribution >= 4 is 34.3 Å². The molecule has 4 aromatic rings. The molecule has 1 amide bonds. The maximum Gasteiger partial charge on any atom is 0.234 e. The molecule has 0 aliphatic heterocycles. The lowest BCUT2D eigenvalue weighted by Gasteiger charge is -2.08. The van der Waals surface area contributed by atoms with Crippen LogP contribution in [0.15, 0.2) is 53.6 Å². The summed E-state index contributed by atoms with van der Waals surface area (Å²) >= 11 is 1.42. The fourth-order valence-corrected chi connectivity index (χ4v) is 4.20. The Kier molecular flexibility index (Phi) is 5.55. The lowest BCUT2D eigenvalue weighted by Crippen LogP contribution is -2.15. The quantitative estimate of drug-likeness (QED) is 0.374. The molecule has 0 saturated carbocycles. The van der Waals surface area contributed by atoms with Gasteiger partial charge in [0.1, 0.15) is 10.9 Å². The van der Waals surface area contributed by atoms with Crippen molar-refractivity contribution in [2.75, 3.05) is 11.1 Å². The summed E-state index contributed by atoms with van der Waals surface area (Å²) in [6.07, 6.45) is 0. The number of aromatic nitrogens is 4. The highest BCUT2D eigenvalue weighted by Crippen LogP contribution is 2.27. The zero-order chi connectivity index (χ0) is 21.3. The van der Waals surface area contributed by atoms with E-state index in [9.17, 15) is 4.79 Å². The van der Waals surface area contributed by atoms with E-state index in [1.54, 1.807) is 0 Å². The molecule has 0 saturated heterocycles. The molecule has 0 aliphatic rings. The summed E-state index contributed by atoms with van der Waals surface area (Å²) in [7, 11) is 0. The molecule has 152 valence electrons. The first-order chi connectivity index (χ1) is 14.4. The number of hydrogen-bond donors (Lipinski definition) is 1. The number of aryl methyl sites for hydroxylation is 3. The molecule has 0 fully saturated rings. The van der Waals surface area contributed by atoms with Crippen molar-refractivity contribution < 1.29 is 4.79 Å². The first-order valence-electron chi connectivity index (χ1n) is 9.71. The topological polar surface area (TPSA) is 72.7 Å². The zero-order valence-corrected chi connectivity index (χ0v) is 18.2. The van der Waals surface area contributed by atoms with Crippen LogP contribution in [0.5, 0.6) is 0 Å². The molecular weight excluding hydrogens is 394 g/mol. The molecule has 2 heterocycles. The number of nitrogens with zero attached hydrogens (tertiary/aromatic N) is 4. The van der Waals surface area contributed by atoms with Gasteiger partial charge in [-0.25, -0.2) is 14.6 Å². The van der Waals surface area contributed by atoms with Gasteiger partial charge in [0.25, 0.3) is 0 Å². The third kappa shape index (κ3) is 4.07. The van der Waals surface area contributed by atoms with Crippen LogP contribution in [0.4, 0.5) is 5.69 Å². The van der Waals surface area contributed by atoms with Crippen molar-refractivity contribution in [3.8, 4) is 5.69 Å². The number of nitrogens with one attached hydrogen (secondary N) is 1. The summed E-state index contributed by atoms with van der Waals surface area (Å²) in [5.74, 6) is 0.868. The Hall–Kier alpha value is -3.19. The average molecular weight is 418 g/mol. The second-order valence-electron chi connectivity index (χ2n) is 7.22. The predicted molar refractivity (Wildman–Crippen MR) is 121 cm³/mol. The number of rotatable bonds is 5. The Balaban J connectivity index is 1.51. The first kappa shape index (κ1) is 20.1. The minimum atomic E-state index is -0.0880. The lowest BCUT2D eigenvalue weighted by molar-refractivity contribution is -0.113.